The van der Waals surface area contributed by atoms with E-state index in [1.165, 1.54) is 11.1 Å². The molecule has 1 unspecified atom stereocenters. The average Bonchev–Trinajstić information content (AvgIpc) is 2.57. The molecule has 0 radical (unpaired) electrons. The van der Waals surface area contributed by atoms with Crippen molar-refractivity contribution in [3.63, 3.8) is 0 Å². The van der Waals surface area contributed by atoms with Gasteiger partial charge in [-0.3, -0.25) is 9.89 Å². The molecule has 1 rings (SSSR count). The van der Waals surface area contributed by atoms with Gasteiger partial charge in [0.25, 0.3) is 0 Å². The number of guanidine groups is 1. The Labute approximate surface area is 142 Å². The molecule has 1 aromatic carbocycles. The second kappa shape index (κ2) is 10.3. The molecule has 130 valence electrons. The van der Waals surface area contributed by atoms with Gasteiger partial charge in [0.2, 0.25) is 0 Å². The standard InChI is InChI=1S/C19H34N4/c1-7-23(8-2)14-18-11-9-17(10-12-18)13-21-19(20-6)22-16(5)15(3)4/h9-12,15-16H,7-8,13-14H2,1-6H3,(H2,20,21,22). The summed E-state index contributed by atoms with van der Waals surface area (Å²) in [4.78, 5) is 6.72. The highest BCUT2D eigenvalue weighted by atomic mass is 15.2. The van der Waals surface area contributed by atoms with Gasteiger partial charge in [0, 0.05) is 26.2 Å². The van der Waals surface area contributed by atoms with Gasteiger partial charge < -0.3 is 10.6 Å². The first kappa shape index (κ1) is 19.5. The van der Waals surface area contributed by atoms with Gasteiger partial charge in [-0.05, 0) is 37.1 Å². The molecule has 0 aliphatic carbocycles. The van der Waals surface area contributed by atoms with E-state index in [1.54, 1.807) is 0 Å². The molecule has 0 amide bonds. The predicted molar refractivity (Wildman–Crippen MR) is 101 cm³/mol. The van der Waals surface area contributed by atoms with E-state index in [2.05, 4.69) is 79.4 Å². The van der Waals surface area contributed by atoms with Crippen LogP contribution in [0.3, 0.4) is 0 Å². The first-order chi connectivity index (χ1) is 11.0. The Morgan fingerprint density at radius 1 is 1.04 bits per heavy atom. The maximum Gasteiger partial charge on any atom is 0.191 e. The van der Waals surface area contributed by atoms with Crippen LogP contribution in [0.1, 0.15) is 45.7 Å². The highest BCUT2D eigenvalue weighted by Gasteiger charge is 2.08. The number of hydrogen-bond acceptors (Lipinski definition) is 2. The Balaban J connectivity index is 2.51. The van der Waals surface area contributed by atoms with Gasteiger partial charge in [-0.15, -0.1) is 0 Å². The van der Waals surface area contributed by atoms with Gasteiger partial charge in [0.05, 0.1) is 0 Å². The molecule has 0 spiro atoms. The van der Waals surface area contributed by atoms with Crippen LogP contribution in [-0.2, 0) is 13.1 Å². The molecule has 0 heterocycles. The summed E-state index contributed by atoms with van der Waals surface area (Å²) in [5, 5.41) is 6.80. The van der Waals surface area contributed by atoms with E-state index in [-0.39, 0.29) is 0 Å². The topological polar surface area (TPSA) is 39.7 Å². The zero-order valence-corrected chi connectivity index (χ0v) is 15.7. The summed E-state index contributed by atoms with van der Waals surface area (Å²) in [6, 6.07) is 9.25. The first-order valence-corrected chi connectivity index (χ1v) is 8.77. The molecule has 0 aromatic heterocycles. The summed E-state index contributed by atoms with van der Waals surface area (Å²) < 4.78 is 0. The molecule has 0 saturated carbocycles. The van der Waals surface area contributed by atoms with Gasteiger partial charge in [0.1, 0.15) is 0 Å². The van der Waals surface area contributed by atoms with Crippen molar-refractivity contribution in [3.05, 3.63) is 35.4 Å². The Hall–Kier alpha value is -1.55. The van der Waals surface area contributed by atoms with Crippen molar-refractivity contribution in [1.29, 1.82) is 0 Å². The van der Waals surface area contributed by atoms with Gasteiger partial charge in [-0.25, -0.2) is 0 Å². The van der Waals surface area contributed by atoms with Crippen LogP contribution in [0.15, 0.2) is 29.3 Å². The zero-order chi connectivity index (χ0) is 17.2. The molecule has 0 aliphatic rings. The van der Waals surface area contributed by atoms with Crippen LogP contribution in [0.5, 0.6) is 0 Å². The average molecular weight is 319 g/mol. The Morgan fingerprint density at radius 2 is 1.61 bits per heavy atom. The highest BCUT2D eigenvalue weighted by Crippen LogP contribution is 2.07. The summed E-state index contributed by atoms with van der Waals surface area (Å²) in [7, 11) is 1.82. The zero-order valence-electron chi connectivity index (χ0n) is 15.7. The third-order valence-corrected chi connectivity index (χ3v) is 4.37. The van der Waals surface area contributed by atoms with Gasteiger partial charge in [-0.2, -0.15) is 0 Å². The fourth-order valence-corrected chi connectivity index (χ4v) is 2.23. The fraction of sp³-hybridized carbons (Fsp3) is 0.632. The minimum atomic E-state index is 0.401. The lowest BCUT2D eigenvalue weighted by atomic mass is 10.1. The minimum Gasteiger partial charge on any atom is -0.354 e. The van der Waals surface area contributed by atoms with Crippen molar-refractivity contribution in [2.45, 2.75) is 53.8 Å². The van der Waals surface area contributed by atoms with E-state index < -0.39 is 0 Å². The maximum absolute atomic E-state index is 4.29. The summed E-state index contributed by atoms with van der Waals surface area (Å²) in [6.07, 6.45) is 0. The molecule has 0 aliphatic heterocycles. The van der Waals surface area contributed by atoms with Crippen molar-refractivity contribution >= 4 is 5.96 Å². The van der Waals surface area contributed by atoms with Gasteiger partial charge in [0.15, 0.2) is 5.96 Å². The van der Waals surface area contributed by atoms with Crippen molar-refractivity contribution < 1.29 is 0 Å². The Bertz CT molecular complexity index is 461. The predicted octanol–water partition coefficient (Wildman–Crippen LogP) is 3.24. The number of aliphatic imine (C=N–C) groups is 1. The quantitative estimate of drug-likeness (QED) is 0.571. The Morgan fingerprint density at radius 3 is 2.09 bits per heavy atom. The first-order valence-electron chi connectivity index (χ1n) is 8.77. The molecule has 4 heteroatoms. The van der Waals surface area contributed by atoms with E-state index >= 15 is 0 Å². The summed E-state index contributed by atoms with van der Waals surface area (Å²) in [6.45, 7) is 15.0. The molecular weight excluding hydrogens is 284 g/mol. The van der Waals surface area contributed by atoms with Crippen molar-refractivity contribution in [2.24, 2.45) is 10.9 Å². The number of nitrogens with zero attached hydrogens (tertiary/aromatic N) is 2. The fourth-order valence-electron chi connectivity index (χ4n) is 2.23. The maximum atomic E-state index is 4.29. The molecule has 0 fully saturated rings. The lowest BCUT2D eigenvalue weighted by Crippen LogP contribution is -2.43. The lowest BCUT2D eigenvalue weighted by molar-refractivity contribution is 0.296. The van der Waals surface area contributed by atoms with Crippen LogP contribution in [0.2, 0.25) is 0 Å². The molecule has 0 saturated heterocycles. The molecule has 4 nitrogen and oxygen atoms in total. The van der Waals surface area contributed by atoms with Crippen molar-refractivity contribution in [2.75, 3.05) is 20.1 Å². The largest absolute Gasteiger partial charge is 0.354 e. The SMILES string of the molecule is CCN(CC)Cc1ccc(CNC(=NC)NC(C)C(C)C)cc1. The van der Waals surface area contributed by atoms with Crippen LogP contribution in [0.4, 0.5) is 0 Å². The highest BCUT2D eigenvalue weighted by molar-refractivity contribution is 5.79. The summed E-state index contributed by atoms with van der Waals surface area (Å²) >= 11 is 0. The van der Waals surface area contributed by atoms with E-state index in [4.69, 9.17) is 0 Å². The van der Waals surface area contributed by atoms with E-state index in [0.29, 0.717) is 12.0 Å². The summed E-state index contributed by atoms with van der Waals surface area (Å²) in [5.41, 5.74) is 2.64. The van der Waals surface area contributed by atoms with Crippen molar-refractivity contribution in [1.82, 2.24) is 15.5 Å². The van der Waals surface area contributed by atoms with Crippen LogP contribution >= 0.6 is 0 Å². The molecule has 23 heavy (non-hydrogen) atoms. The number of benzene rings is 1. The lowest BCUT2D eigenvalue weighted by Gasteiger charge is -2.21. The molecule has 1 atom stereocenters. The normalized spacial score (nSPS) is 13.5. The Kier molecular flexibility index (Phi) is 8.70. The minimum absolute atomic E-state index is 0.401. The van der Waals surface area contributed by atoms with Crippen LogP contribution in [-0.4, -0.2) is 37.0 Å². The van der Waals surface area contributed by atoms with Crippen molar-refractivity contribution in [3.8, 4) is 0 Å². The molecular formula is C19H34N4. The van der Waals surface area contributed by atoms with Gasteiger partial charge in [-0.1, -0.05) is 52.0 Å². The number of hydrogen-bond donors (Lipinski definition) is 2. The monoisotopic (exact) mass is 318 g/mol. The second-order valence-corrected chi connectivity index (χ2v) is 6.38. The smallest absolute Gasteiger partial charge is 0.191 e. The number of nitrogens with one attached hydrogen (secondary N) is 2. The molecule has 1 aromatic rings. The van der Waals surface area contributed by atoms with E-state index in [1.807, 2.05) is 7.05 Å². The third kappa shape index (κ3) is 7.04. The molecule has 2 N–H and O–H groups in total. The van der Waals surface area contributed by atoms with Crippen LogP contribution in [0.25, 0.3) is 0 Å². The summed E-state index contributed by atoms with van der Waals surface area (Å²) in [5.74, 6) is 1.44. The van der Waals surface area contributed by atoms with Crippen LogP contribution in [0, 0.1) is 5.92 Å². The van der Waals surface area contributed by atoms with Gasteiger partial charge >= 0.3 is 0 Å². The van der Waals surface area contributed by atoms with E-state index in [9.17, 15) is 0 Å². The number of rotatable bonds is 8. The molecule has 0 bridgehead atoms. The van der Waals surface area contributed by atoms with E-state index in [0.717, 1.165) is 32.1 Å². The third-order valence-electron chi connectivity index (χ3n) is 4.37. The second-order valence-electron chi connectivity index (χ2n) is 6.38. The van der Waals surface area contributed by atoms with Crippen LogP contribution < -0.4 is 10.6 Å².